The van der Waals surface area contributed by atoms with Crippen molar-refractivity contribution in [1.29, 1.82) is 0 Å². The standard InChI is InChI=1S/C25H21ClFN3O2/c26-18-9-8-17-13-23(29-22(17)14-18)25(31)30-10-11-32-24(15-30)21-7-3-5-19(28-21)12-16-4-1-2-6-20(16)27/h1-9,13-14,24,29H,10-12,15H2. The molecule has 0 spiro atoms. The molecule has 0 bridgehead atoms. The Labute approximate surface area is 189 Å². The Bertz CT molecular complexity index is 1290. The van der Waals surface area contributed by atoms with E-state index in [2.05, 4.69) is 4.98 Å². The van der Waals surface area contributed by atoms with E-state index in [1.54, 1.807) is 29.2 Å². The van der Waals surface area contributed by atoms with Gasteiger partial charge in [0.25, 0.3) is 5.91 Å². The molecule has 1 unspecified atom stereocenters. The van der Waals surface area contributed by atoms with Crippen molar-refractivity contribution < 1.29 is 13.9 Å². The van der Waals surface area contributed by atoms with E-state index in [0.29, 0.717) is 42.4 Å². The van der Waals surface area contributed by atoms with Crippen LogP contribution in [0.3, 0.4) is 0 Å². The van der Waals surface area contributed by atoms with E-state index in [1.807, 2.05) is 36.4 Å². The minimum absolute atomic E-state index is 0.0897. The zero-order valence-electron chi connectivity index (χ0n) is 17.2. The molecule has 4 aromatic rings. The molecule has 5 nitrogen and oxygen atoms in total. The molecule has 2 aromatic heterocycles. The molecule has 1 aliphatic heterocycles. The van der Waals surface area contributed by atoms with Gasteiger partial charge < -0.3 is 14.6 Å². The summed E-state index contributed by atoms with van der Waals surface area (Å²) in [4.78, 5) is 22.7. The summed E-state index contributed by atoms with van der Waals surface area (Å²) in [5, 5.41) is 1.55. The van der Waals surface area contributed by atoms with Crippen LogP contribution in [0.25, 0.3) is 10.9 Å². The Morgan fingerprint density at radius 1 is 1.16 bits per heavy atom. The fourth-order valence-corrected chi connectivity index (χ4v) is 4.18. The summed E-state index contributed by atoms with van der Waals surface area (Å²) in [5.74, 6) is -0.335. The van der Waals surface area contributed by atoms with Crippen molar-refractivity contribution in [3.8, 4) is 0 Å². The highest BCUT2D eigenvalue weighted by atomic mass is 35.5. The van der Waals surface area contributed by atoms with E-state index in [1.165, 1.54) is 6.07 Å². The number of rotatable bonds is 4. The molecular formula is C25H21ClFN3O2. The first-order valence-electron chi connectivity index (χ1n) is 10.5. The topological polar surface area (TPSA) is 58.2 Å². The van der Waals surface area contributed by atoms with Gasteiger partial charge in [-0.2, -0.15) is 0 Å². The van der Waals surface area contributed by atoms with E-state index < -0.39 is 0 Å². The molecule has 1 saturated heterocycles. The Balaban J connectivity index is 1.33. The molecule has 32 heavy (non-hydrogen) atoms. The van der Waals surface area contributed by atoms with Gasteiger partial charge in [0.2, 0.25) is 0 Å². The van der Waals surface area contributed by atoms with Crippen molar-refractivity contribution in [3.63, 3.8) is 0 Å². The number of amides is 1. The summed E-state index contributed by atoms with van der Waals surface area (Å²) < 4.78 is 19.9. The summed E-state index contributed by atoms with van der Waals surface area (Å²) in [6.07, 6.45) is 0.0557. The van der Waals surface area contributed by atoms with E-state index in [-0.39, 0.29) is 17.8 Å². The van der Waals surface area contributed by atoms with E-state index in [4.69, 9.17) is 21.3 Å². The van der Waals surface area contributed by atoms with Crippen molar-refractivity contribution in [2.45, 2.75) is 12.5 Å². The van der Waals surface area contributed by atoms with Crippen LogP contribution in [0.2, 0.25) is 5.02 Å². The van der Waals surface area contributed by atoms with Gasteiger partial charge in [0.15, 0.2) is 0 Å². The SMILES string of the molecule is O=C(c1cc2ccc(Cl)cc2[nH]1)N1CCOC(c2cccc(Cc3ccccc3F)n2)C1. The highest BCUT2D eigenvalue weighted by Gasteiger charge is 2.28. The highest BCUT2D eigenvalue weighted by molar-refractivity contribution is 6.31. The Kier molecular flexibility index (Phi) is 5.64. The average molecular weight is 450 g/mol. The summed E-state index contributed by atoms with van der Waals surface area (Å²) in [7, 11) is 0. The predicted octanol–water partition coefficient (Wildman–Crippen LogP) is 5.16. The number of halogens is 2. The number of pyridine rings is 1. The number of benzene rings is 2. The van der Waals surface area contributed by atoms with Crippen LogP contribution in [-0.2, 0) is 11.2 Å². The maximum Gasteiger partial charge on any atom is 0.270 e. The minimum Gasteiger partial charge on any atom is -0.368 e. The summed E-state index contributed by atoms with van der Waals surface area (Å²) in [6.45, 7) is 1.31. The first-order valence-corrected chi connectivity index (χ1v) is 10.8. The van der Waals surface area contributed by atoms with Crippen molar-refractivity contribution >= 4 is 28.4 Å². The number of hydrogen-bond donors (Lipinski definition) is 1. The van der Waals surface area contributed by atoms with E-state index in [0.717, 1.165) is 22.3 Å². The molecule has 3 heterocycles. The number of hydrogen-bond acceptors (Lipinski definition) is 3. The average Bonchev–Trinajstić information content (AvgIpc) is 3.23. The van der Waals surface area contributed by atoms with Gasteiger partial charge in [-0.25, -0.2) is 4.39 Å². The quantitative estimate of drug-likeness (QED) is 0.468. The molecule has 1 fully saturated rings. The second-order valence-corrected chi connectivity index (χ2v) is 8.28. The molecule has 0 saturated carbocycles. The van der Waals surface area contributed by atoms with Crippen LogP contribution in [0, 0.1) is 5.82 Å². The van der Waals surface area contributed by atoms with Crippen LogP contribution >= 0.6 is 11.6 Å². The molecule has 0 radical (unpaired) electrons. The zero-order valence-corrected chi connectivity index (χ0v) is 18.0. The van der Waals surface area contributed by atoms with Gasteiger partial charge in [-0.15, -0.1) is 0 Å². The summed E-state index contributed by atoms with van der Waals surface area (Å²) >= 11 is 6.06. The zero-order chi connectivity index (χ0) is 22.1. The van der Waals surface area contributed by atoms with Crippen LogP contribution in [0.1, 0.15) is 33.5 Å². The third-order valence-corrected chi connectivity index (χ3v) is 5.89. The lowest BCUT2D eigenvalue weighted by Crippen LogP contribution is -2.42. The molecular weight excluding hydrogens is 429 g/mol. The molecule has 1 aliphatic rings. The molecule has 1 amide bonds. The number of aromatic amines is 1. The lowest BCUT2D eigenvalue weighted by molar-refractivity contribution is -0.0249. The molecule has 0 aliphatic carbocycles. The number of fused-ring (bicyclic) bond motifs is 1. The molecule has 2 aromatic carbocycles. The van der Waals surface area contributed by atoms with E-state index in [9.17, 15) is 9.18 Å². The third kappa shape index (κ3) is 4.24. The fourth-order valence-electron chi connectivity index (χ4n) is 4.01. The molecule has 162 valence electrons. The lowest BCUT2D eigenvalue weighted by Gasteiger charge is -2.32. The molecule has 1 atom stereocenters. The summed E-state index contributed by atoms with van der Waals surface area (Å²) in [5.41, 5.74) is 3.43. The first kappa shape index (κ1) is 20.7. The van der Waals surface area contributed by atoms with Crippen LogP contribution in [0.4, 0.5) is 4.39 Å². The smallest absolute Gasteiger partial charge is 0.270 e. The second-order valence-electron chi connectivity index (χ2n) is 7.85. The summed E-state index contributed by atoms with van der Waals surface area (Å²) in [6, 6.07) is 19.7. The van der Waals surface area contributed by atoms with Gasteiger partial charge in [-0.05, 0) is 42.0 Å². The number of H-pyrrole nitrogens is 1. The van der Waals surface area contributed by atoms with Crippen LogP contribution in [0.15, 0.2) is 66.7 Å². The van der Waals surface area contributed by atoms with Crippen LogP contribution in [0.5, 0.6) is 0 Å². The fraction of sp³-hybridized carbons (Fsp3) is 0.200. The monoisotopic (exact) mass is 449 g/mol. The largest absolute Gasteiger partial charge is 0.368 e. The second kappa shape index (κ2) is 8.73. The Morgan fingerprint density at radius 3 is 2.91 bits per heavy atom. The number of nitrogens with one attached hydrogen (secondary N) is 1. The first-order chi connectivity index (χ1) is 15.6. The van der Waals surface area contributed by atoms with Crippen LogP contribution in [-0.4, -0.2) is 40.5 Å². The van der Waals surface area contributed by atoms with Crippen molar-refractivity contribution in [2.24, 2.45) is 0 Å². The normalized spacial score (nSPS) is 16.4. The maximum absolute atomic E-state index is 14.0. The van der Waals surface area contributed by atoms with Gasteiger partial charge in [-0.1, -0.05) is 41.9 Å². The third-order valence-electron chi connectivity index (χ3n) is 5.66. The minimum atomic E-state index is -0.341. The molecule has 7 heteroatoms. The number of nitrogens with zero attached hydrogens (tertiary/aromatic N) is 2. The Hall–Kier alpha value is -3.22. The number of aromatic nitrogens is 2. The van der Waals surface area contributed by atoms with Crippen molar-refractivity contribution in [1.82, 2.24) is 14.9 Å². The van der Waals surface area contributed by atoms with Gasteiger partial charge in [0.1, 0.15) is 17.6 Å². The van der Waals surface area contributed by atoms with Crippen molar-refractivity contribution in [3.05, 3.63) is 100 Å². The van der Waals surface area contributed by atoms with Gasteiger partial charge >= 0.3 is 0 Å². The highest BCUT2D eigenvalue weighted by Crippen LogP contribution is 2.25. The number of carbonyl (C=O) groups excluding carboxylic acids is 1. The lowest BCUT2D eigenvalue weighted by atomic mass is 10.1. The van der Waals surface area contributed by atoms with E-state index >= 15 is 0 Å². The Morgan fingerprint density at radius 2 is 2.03 bits per heavy atom. The molecule has 5 rings (SSSR count). The number of morpholine rings is 1. The number of ether oxygens (including phenoxy) is 1. The van der Waals surface area contributed by atoms with Gasteiger partial charge in [0, 0.05) is 34.6 Å². The van der Waals surface area contributed by atoms with Gasteiger partial charge in [0.05, 0.1) is 18.8 Å². The maximum atomic E-state index is 14.0. The molecule has 1 N–H and O–H groups in total. The van der Waals surface area contributed by atoms with Gasteiger partial charge in [-0.3, -0.25) is 9.78 Å². The number of carbonyl (C=O) groups is 1. The predicted molar refractivity (Wildman–Crippen MR) is 121 cm³/mol. The van der Waals surface area contributed by atoms with Crippen molar-refractivity contribution in [2.75, 3.05) is 19.7 Å². The van der Waals surface area contributed by atoms with Crippen LogP contribution < -0.4 is 0 Å².